The summed E-state index contributed by atoms with van der Waals surface area (Å²) >= 11 is 3.28. The lowest BCUT2D eigenvalue weighted by Gasteiger charge is -2.07. The summed E-state index contributed by atoms with van der Waals surface area (Å²) in [6.07, 6.45) is 0. The van der Waals surface area contributed by atoms with Crippen LogP contribution in [0.25, 0.3) is 0 Å². The van der Waals surface area contributed by atoms with Crippen molar-refractivity contribution in [1.82, 2.24) is 0 Å². The van der Waals surface area contributed by atoms with E-state index in [1.165, 1.54) is 5.56 Å². The summed E-state index contributed by atoms with van der Waals surface area (Å²) in [5.41, 5.74) is 2.22. The summed E-state index contributed by atoms with van der Waals surface area (Å²) < 4.78 is 6.32. The number of hydrogen-bond donors (Lipinski definition) is 1. The molecule has 0 amide bonds. The average Bonchev–Trinajstić information content (AvgIpc) is 2.33. The van der Waals surface area contributed by atoms with Crippen LogP contribution in [-0.4, -0.2) is 5.11 Å². The van der Waals surface area contributed by atoms with Crippen molar-refractivity contribution in [3.8, 4) is 11.5 Å². The second-order valence-electron chi connectivity index (χ2n) is 3.89. The fraction of sp³-hybridized carbons (Fsp3) is 0.143. The van der Waals surface area contributed by atoms with Crippen LogP contribution in [0.5, 0.6) is 11.5 Å². The zero-order valence-electron chi connectivity index (χ0n) is 9.48. The summed E-state index contributed by atoms with van der Waals surface area (Å²) in [6.45, 7) is 2.53. The summed E-state index contributed by atoms with van der Waals surface area (Å²) in [5, 5.41) is 9.37. The summed E-state index contributed by atoms with van der Waals surface area (Å²) in [6, 6.07) is 13.3. The molecule has 0 radical (unpaired) electrons. The van der Waals surface area contributed by atoms with Gasteiger partial charge in [-0.1, -0.05) is 23.8 Å². The number of benzene rings is 2. The number of hydrogen-bond acceptors (Lipinski definition) is 2. The van der Waals surface area contributed by atoms with Crippen LogP contribution in [0.1, 0.15) is 11.1 Å². The van der Waals surface area contributed by atoms with Crippen LogP contribution in [0.15, 0.2) is 46.9 Å². The van der Waals surface area contributed by atoms with Crippen molar-refractivity contribution in [2.75, 3.05) is 0 Å². The maximum atomic E-state index is 9.37. The number of aryl methyl sites for hydroxylation is 1. The number of aromatic hydroxyl groups is 1. The molecule has 0 aliphatic heterocycles. The van der Waals surface area contributed by atoms with Gasteiger partial charge >= 0.3 is 0 Å². The van der Waals surface area contributed by atoms with E-state index in [9.17, 15) is 5.11 Å². The third kappa shape index (κ3) is 3.24. The predicted molar refractivity (Wildman–Crippen MR) is 71.3 cm³/mol. The summed E-state index contributed by atoms with van der Waals surface area (Å²) in [4.78, 5) is 0. The smallest absolute Gasteiger partial charge is 0.129 e. The molecule has 0 aliphatic carbocycles. The van der Waals surface area contributed by atoms with Gasteiger partial charge < -0.3 is 9.84 Å². The van der Waals surface area contributed by atoms with E-state index in [4.69, 9.17) is 4.74 Å². The van der Waals surface area contributed by atoms with E-state index in [-0.39, 0.29) is 5.75 Å². The van der Waals surface area contributed by atoms with Crippen molar-refractivity contribution in [2.24, 2.45) is 0 Å². The first kappa shape index (κ1) is 12.0. The molecule has 0 spiro atoms. The zero-order chi connectivity index (χ0) is 12.3. The molecule has 0 bridgehead atoms. The van der Waals surface area contributed by atoms with Crippen LogP contribution in [0.4, 0.5) is 0 Å². The first-order valence-electron chi connectivity index (χ1n) is 5.32. The maximum absolute atomic E-state index is 9.37. The minimum absolute atomic E-state index is 0.240. The molecule has 1 N–H and O–H groups in total. The van der Waals surface area contributed by atoms with Crippen molar-refractivity contribution < 1.29 is 9.84 Å². The minimum atomic E-state index is 0.240. The molecule has 3 heteroatoms. The monoisotopic (exact) mass is 292 g/mol. The van der Waals surface area contributed by atoms with E-state index in [1.54, 1.807) is 6.07 Å². The summed E-state index contributed by atoms with van der Waals surface area (Å²) in [7, 11) is 0. The number of ether oxygens (including phenoxy) is 1. The van der Waals surface area contributed by atoms with Crippen molar-refractivity contribution in [1.29, 1.82) is 0 Å². The molecule has 17 heavy (non-hydrogen) atoms. The fourth-order valence-corrected chi connectivity index (χ4v) is 1.87. The van der Waals surface area contributed by atoms with Crippen LogP contribution in [0.2, 0.25) is 0 Å². The highest BCUT2D eigenvalue weighted by Gasteiger charge is 2.00. The second-order valence-corrected chi connectivity index (χ2v) is 4.74. The van der Waals surface area contributed by atoms with Crippen molar-refractivity contribution >= 4 is 15.9 Å². The Bertz CT molecular complexity index is 506. The van der Waals surface area contributed by atoms with Crippen LogP contribution < -0.4 is 4.74 Å². The predicted octanol–water partition coefficient (Wildman–Crippen LogP) is 4.04. The van der Waals surface area contributed by atoms with E-state index in [0.717, 1.165) is 11.3 Å². The highest BCUT2D eigenvalue weighted by molar-refractivity contribution is 9.10. The van der Waals surface area contributed by atoms with Gasteiger partial charge in [0.15, 0.2) is 0 Å². The van der Waals surface area contributed by atoms with E-state index in [0.29, 0.717) is 11.1 Å². The van der Waals surface area contributed by atoms with Crippen molar-refractivity contribution in [3.63, 3.8) is 0 Å². The summed E-state index contributed by atoms with van der Waals surface area (Å²) in [5.74, 6) is 1.09. The standard InChI is InChI=1S/C14H13BrO2/c1-10-2-5-12(6-3-10)17-9-11-4-7-14(16)13(15)8-11/h2-8,16H,9H2,1H3. The number of rotatable bonds is 3. The molecule has 0 fully saturated rings. The molecule has 0 unspecified atom stereocenters. The van der Waals surface area contributed by atoms with E-state index in [2.05, 4.69) is 15.9 Å². The molecule has 2 nitrogen and oxygen atoms in total. The van der Waals surface area contributed by atoms with Gasteiger partial charge in [-0.05, 0) is 52.7 Å². The normalized spacial score (nSPS) is 10.2. The highest BCUT2D eigenvalue weighted by Crippen LogP contribution is 2.25. The molecular formula is C14H13BrO2. The quantitative estimate of drug-likeness (QED) is 0.925. The Hall–Kier alpha value is -1.48. The Morgan fingerprint density at radius 3 is 2.47 bits per heavy atom. The zero-order valence-corrected chi connectivity index (χ0v) is 11.1. The molecule has 2 aromatic carbocycles. The third-order valence-corrected chi connectivity index (χ3v) is 3.07. The molecule has 0 atom stereocenters. The van der Waals surface area contributed by atoms with Gasteiger partial charge in [-0.15, -0.1) is 0 Å². The number of halogens is 1. The molecule has 2 aromatic rings. The second kappa shape index (κ2) is 5.23. The number of phenols is 1. The Kier molecular flexibility index (Phi) is 3.69. The van der Waals surface area contributed by atoms with Gasteiger partial charge in [-0.25, -0.2) is 0 Å². The molecule has 0 saturated carbocycles. The van der Waals surface area contributed by atoms with Crippen molar-refractivity contribution in [2.45, 2.75) is 13.5 Å². The Morgan fingerprint density at radius 2 is 1.82 bits per heavy atom. The maximum Gasteiger partial charge on any atom is 0.129 e. The Balaban J connectivity index is 2.02. The lowest BCUT2D eigenvalue weighted by Crippen LogP contribution is -1.95. The number of phenolic OH excluding ortho intramolecular Hbond substituents is 1. The van der Waals surface area contributed by atoms with Crippen molar-refractivity contribution in [3.05, 3.63) is 58.1 Å². The van der Waals surface area contributed by atoms with Gasteiger partial charge in [0.1, 0.15) is 18.1 Å². The van der Waals surface area contributed by atoms with Gasteiger partial charge in [-0.3, -0.25) is 0 Å². The third-order valence-electron chi connectivity index (χ3n) is 2.44. The minimum Gasteiger partial charge on any atom is -0.507 e. The Labute approximate surface area is 109 Å². The van der Waals surface area contributed by atoms with Gasteiger partial charge in [0.2, 0.25) is 0 Å². The fourth-order valence-electron chi connectivity index (χ4n) is 1.44. The molecule has 0 aliphatic rings. The molecular weight excluding hydrogens is 280 g/mol. The van der Waals surface area contributed by atoms with Crippen LogP contribution in [0.3, 0.4) is 0 Å². The first-order chi connectivity index (χ1) is 8.15. The van der Waals surface area contributed by atoms with Gasteiger partial charge in [0, 0.05) is 0 Å². The molecule has 0 heterocycles. The SMILES string of the molecule is Cc1ccc(OCc2ccc(O)c(Br)c2)cc1. The molecule has 2 rings (SSSR count). The Morgan fingerprint density at radius 1 is 1.12 bits per heavy atom. The first-order valence-corrected chi connectivity index (χ1v) is 6.11. The molecule has 0 saturated heterocycles. The average molecular weight is 293 g/mol. The largest absolute Gasteiger partial charge is 0.507 e. The molecule has 88 valence electrons. The van der Waals surface area contributed by atoms with Gasteiger partial charge in [0.25, 0.3) is 0 Å². The van der Waals surface area contributed by atoms with Crippen LogP contribution >= 0.6 is 15.9 Å². The lowest BCUT2D eigenvalue weighted by molar-refractivity contribution is 0.306. The lowest BCUT2D eigenvalue weighted by atomic mass is 10.2. The van der Waals surface area contributed by atoms with Crippen LogP contribution in [-0.2, 0) is 6.61 Å². The van der Waals surface area contributed by atoms with Crippen LogP contribution in [0, 0.1) is 6.92 Å². The van der Waals surface area contributed by atoms with Gasteiger partial charge in [-0.2, -0.15) is 0 Å². The highest BCUT2D eigenvalue weighted by atomic mass is 79.9. The van der Waals surface area contributed by atoms with Gasteiger partial charge in [0.05, 0.1) is 4.47 Å². The van der Waals surface area contributed by atoms with E-state index >= 15 is 0 Å². The van der Waals surface area contributed by atoms with E-state index < -0.39 is 0 Å². The molecule has 0 aromatic heterocycles. The van der Waals surface area contributed by atoms with E-state index in [1.807, 2.05) is 43.3 Å². The topological polar surface area (TPSA) is 29.5 Å².